The molecule has 0 saturated carbocycles. The Morgan fingerprint density at radius 1 is 1.09 bits per heavy atom. The first-order valence-corrected chi connectivity index (χ1v) is 13.6. The molecular formula is C25H39N3O5S. The van der Waals surface area contributed by atoms with Crippen molar-refractivity contribution in [2.75, 3.05) is 39.8 Å². The SMILES string of the molecule is COC(=O)c1ccccc1S(=O)(=O)N1CCC(C(=O)NCC(C)(C)N2CC(C)CC(C)C2)CC1. The van der Waals surface area contributed by atoms with Crippen LogP contribution < -0.4 is 5.32 Å². The highest BCUT2D eigenvalue weighted by molar-refractivity contribution is 7.89. The second kappa shape index (κ2) is 10.7. The third kappa shape index (κ3) is 5.98. The Kier molecular flexibility index (Phi) is 8.42. The molecule has 0 radical (unpaired) electrons. The third-order valence-electron chi connectivity index (χ3n) is 7.16. The number of nitrogens with zero attached hydrogens (tertiary/aromatic N) is 2. The van der Waals surface area contributed by atoms with Gasteiger partial charge in [0.1, 0.15) is 0 Å². The Bertz CT molecular complexity index is 976. The first-order chi connectivity index (χ1) is 16.0. The number of amides is 1. The number of carbonyl (C=O) groups is 2. The molecule has 2 unspecified atom stereocenters. The average Bonchev–Trinajstić information content (AvgIpc) is 2.81. The van der Waals surface area contributed by atoms with Crippen molar-refractivity contribution in [3.05, 3.63) is 29.8 Å². The van der Waals surface area contributed by atoms with Crippen LogP contribution in [-0.2, 0) is 19.6 Å². The van der Waals surface area contributed by atoms with Crippen LogP contribution in [0.25, 0.3) is 0 Å². The van der Waals surface area contributed by atoms with Crippen LogP contribution in [0, 0.1) is 17.8 Å². The largest absolute Gasteiger partial charge is 0.465 e. The highest BCUT2D eigenvalue weighted by atomic mass is 32.2. The number of piperidine rings is 2. The van der Waals surface area contributed by atoms with Crippen LogP contribution in [0.4, 0.5) is 0 Å². The lowest BCUT2D eigenvalue weighted by molar-refractivity contribution is -0.126. The first-order valence-electron chi connectivity index (χ1n) is 12.2. The van der Waals surface area contributed by atoms with Crippen LogP contribution >= 0.6 is 0 Å². The number of rotatable bonds is 7. The van der Waals surface area contributed by atoms with Crippen LogP contribution in [0.2, 0.25) is 0 Å². The lowest BCUT2D eigenvalue weighted by Crippen LogP contribution is -2.56. The fourth-order valence-corrected chi connectivity index (χ4v) is 6.83. The topological polar surface area (TPSA) is 96.0 Å². The molecule has 34 heavy (non-hydrogen) atoms. The highest BCUT2D eigenvalue weighted by Gasteiger charge is 2.36. The minimum absolute atomic E-state index is 0.0156. The van der Waals surface area contributed by atoms with E-state index >= 15 is 0 Å². The summed E-state index contributed by atoms with van der Waals surface area (Å²) < 4.78 is 32.5. The maximum Gasteiger partial charge on any atom is 0.339 e. The zero-order valence-electron chi connectivity index (χ0n) is 21.0. The summed E-state index contributed by atoms with van der Waals surface area (Å²) in [6.07, 6.45) is 2.14. The van der Waals surface area contributed by atoms with Crippen molar-refractivity contribution in [1.82, 2.24) is 14.5 Å². The van der Waals surface area contributed by atoms with E-state index in [1.54, 1.807) is 12.1 Å². The first kappa shape index (κ1) is 26.6. The molecule has 0 spiro atoms. The Hall–Kier alpha value is -1.97. The molecule has 0 aromatic heterocycles. The van der Waals surface area contributed by atoms with Crippen molar-refractivity contribution in [2.45, 2.75) is 57.4 Å². The summed E-state index contributed by atoms with van der Waals surface area (Å²) in [5.74, 6) is 0.368. The molecule has 9 heteroatoms. The van der Waals surface area contributed by atoms with E-state index in [2.05, 4.69) is 37.9 Å². The molecule has 3 rings (SSSR count). The minimum Gasteiger partial charge on any atom is -0.465 e. The molecular weight excluding hydrogens is 454 g/mol. The smallest absolute Gasteiger partial charge is 0.339 e. The second-order valence-corrected chi connectivity index (χ2v) is 12.5. The van der Waals surface area contributed by atoms with Gasteiger partial charge in [-0.25, -0.2) is 13.2 Å². The molecule has 1 aromatic rings. The number of nitrogens with one attached hydrogen (secondary N) is 1. The quantitative estimate of drug-likeness (QED) is 0.587. The number of ether oxygens (including phenoxy) is 1. The van der Waals surface area contributed by atoms with Crippen LogP contribution in [-0.4, -0.2) is 74.9 Å². The molecule has 1 N–H and O–H groups in total. The van der Waals surface area contributed by atoms with Gasteiger partial charge in [-0.15, -0.1) is 0 Å². The van der Waals surface area contributed by atoms with Crippen LogP contribution in [0.3, 0.4) is 0 Å². The Labute approximate surface area is 204 Å². The maximum absolute atomic E-state index is 13.2. The van der Waals surface area contributed by atoms with E-state index in [1.807, 2.05) is 0 Å². The molecule has 8 nitrogen and oxygen atoms in total. The van der Waals surface area contributed by atoms with Gasteiger partial charge in [0.25, 0.3) is 0 Å². The third-order valence-corrected chi connectivity index (χ3v) is 9.11. The van der Waals surface area contributed by atoms with Gasteiger partial charge in [-0.1, -0.05) is 26.0 Å². The monoisotopic (exact) mass is 493 g/mol. The van der Waals surface area contributed by atoms with E-state index in [4.69, 9.17) is 4.74 Å². The van der Waals surface area contributed by atoms with Gasteiger partial charge in [0.15, 0.2) is 0 Å². The molecule has 2 aliphatic heterocycles. The summed E-state index contributed by atoms with van der Waals surface area (Å²) >= 11 is 0. The van der Waals surface area contributed by atoms with Gasteiger partial charge < -0.3 is 10.1 Å². The minimum atomic E-state index is -3.86. The molecule has 1 aromatic carbocycles. The highest BCUT2D eigenvalue weighted by Crippen LogP contribution is 2.28. The van der Waals surface area contributed by atoms with Crippen LogP contribution in [0.5, 0.6) is 0 Å². The summed E-state index contributed by atoms with van der Waals surface area (Å²) in [5, 5.41) is 3.13. The van der Waals surface area contributed by atoms with Gasteiger partial charge >= 0.3 is 5.97 Å². The Balaban J connectivity index is 1.57. The zero-order chi connectivity index (χ0) is 25.1. The van der Waals surface area contributed by atoms with Gasteiger partial charge in [-0.05, 0) is 57.1 Å². The van der Waals surface area contributed by atoms with E-state index in [9.17, 15) is 18.0 Å². The van der Waals surface area contributed by atoms with Crippen molar-refractivity contribution in [3.63, 3.8) is 0 Å². The van der Waals surface area contributed by atoms with E-state index in [-0.39, 0.29) is 40.9 Å². The molecule has 2 atom stereocenters. The van der Waals surface area contributed by atoms with Gasteiger partial charge in [-0.3, -0.25) is 9.69 Å². The molecule has 0 bridgehead atoms. The van der Waals surface area contributed by atoms with Crippen LogP contribution in [0.15, 0.2) is 29.2 Å². The fourth-order valence-electron chi connectivity index (χ4n) is 5.18. The second-order valence-electron chi connectivity index (χ2n) is 10.5. The van der Waals surface area contributed by atoms with Gasteiger partial charge in [0.05, 0.1) is 17.6 Å². The number of likely N-dealkylation sites (tertiary alicyclic amines) is 1. The van der Waals surface area contributed by atoms with Crippen molar-refractivity contribution >= 4 is 21.9 Å². The van der Waals surface area contributed by atoms with E-state index in [0.29, 0.717) is 31.2 Å². The summed E-state index contributed by atoms with van der Waals surface area (Å²) in [7, 11) is -2.64. The van der Waals surface area contributed by atoms with Crippen LogP contribution in [0.1, 0.15) is 57.3 Å². The lowest BCUT2D eigenvalue weighted by Gasteiger charge is -2.45. The maximum atomic E-state index is 13.2. The number of benzene rings is 1. The van der Waals surface area contributed by atoms with E-state index in [1.165, 1.54) is 30.0 Å². The van der Waals surface area contributed by atoms with Gasteiger partial charge in [0.2, 0.25) is 15.9 Å². The predicted octanol–water partition coefficient (Wildman–Crippen LogP) is 2.75. The molecule has 2 aliphatic rings. The number of sulfonamides is 1. The molecule has 1 amide bonds. The molecule has 0 aliphatic carbocycles. The lowest BCUT2D eigenvalue weighted by atomic mass is 9.88. The molecule has 2 fully saturated rings. The summed E-state index contributed by atoms with van der Waals surface area (Å²) in [4.78, 5) is 27.4. The van der Waals surface area contributed by atoms with Crippen molar-refractivity contribution in [1.29, 1.82) is 0 Å². The normalized spacial score (nSPS) is 23.4. The summed E-state index contributed by atoms with van der Waals surface area (Å²) in [6.45, 7) is 12.0. The fraction of sp³-hybridized carbons (Fsp3) is 0.680. The standard InChI is InChI=1S/C25H39N3O5S/c1-18-14-19(2)16-27(15-18)25(3,4)17-26-23(29)20-10-12-28(13-11-20)34(31,32)22-9-7-6-8-21(22)24(30)33-5/h6-9,18-20H,10-17H2,1-5H3,(H,26,29). The Morgan fingerprint density at radius 2 is 1.68 bits per heavy atom. The average molecular weight is 494 g/mol. The molecule has 2 heterocycles. The van der Waals surface area contributed by atoms with E-state index in [0.717, 1.165) is 13.1 Å². The van der Waals surface area contributed by atoms with Crippen molar-refractivity contribution in [3.8, 4) is 0 Å². The molecule has 2 saturated heterocycles. The van der Waals surface area contributed by atoms with Crippen molar-refractivity contribution in [2.24, 2.45) is 17.8 Å². The van der Waals surface area contributed by atoms with Gasteiger partial charge in [-0.2, -0.15) is 4.31 Å². The zero-order valence-corrected chi connectivity index (χ0v) is 21.9. The summed E-state index contributed by atoms with van der Waals surface area (Å²) in [5.41, 5.74) is -0.117. The predicted molar refractivity (Wildman–Crippen MR) is 131 cm³/mol. The van der Waals surface area contributed by atoms with E-state index < -0.39 is 16.0 Å². The van der Waals surface area contributed by atoms with Crippen molar-refractivity contribution < 1.29 is 22.7 Å². The number of methoxy groups -OCH3 is 1. The number of hydrogen-bond donors (Lipinski definition) is 1. The Morgan fingerprint density at radius 3 is 2.26 bits per heavy atom. The number of esters is 1. The molecule has 190 valence electrons. The number of carbonyl (C=O) groups excluding carboxylic acids is 2. The van der Waals surface area contributed by atoms with Gasteiger partial charge in [0, 0.05) is 44.2 Å². The number of hydrogen-bond acceptors (Lipinski definition) is 6. The summed E-state index contributed by atoms with van der Waals surface area (Å²) in [6, 6.07) is 6.06.